The van der Waals surface area contributed by atoms with Gasteiger partial charge in [-0.15, -0.1) is 0 Å². The van der Waals surface area contributed by atoms with E-state index in [1.54, 1.807) is 12.1 Å². The minimum absolute atomic E-state index is 0.152. The first-order valence-electron chi connectivity index (χ1n) is 5.86. The van der Waals surface area contributed by atoms with Crippen molar-refractivity contribution in [3.8, 4) is 0 Å². The molecule has 0 saturated carbocycles. The number of aryl methyl sites for hydroxylation is 1. The third kappa shape index (κ3) is 2.53. The molecule has 0 aromatic heterocycles. The highest BCUT2D eigenvalue weighted by molar-refractivity contribution is 6.05. The second kappa shape index (κ2) is 5.10. The lowest BCUT2D eigenvalue weighted by Crippen LogP contribution is -2.50. The highest BCUT2D eigenvalue weighted by atomic mass is 16.2. The van der Waals surface area contributed by atoms with Gasteiger partial charge in [0.15, 0.2) is 0 Å². The van der Waals surface area contributed by atoms with Crippen molar-refractivity contribution in [1.82, 2.24) is 10.2 Å². The first-order valence-corrected chi connectivity index (χ1v) is 5.86. The molecule has 1 heterocycles. The molecule has 1 saturated heterocycles. The molecule has 1 aliphatic rings. The molecule has 4 heteroatoms. The molecule has 0 unspecified atom stereocenters. The van der Waals surface area contributed by atoms with Crippen LogP contribution in [0, 0.1) is 0 Å². The third-order valence-corrected chi connectivity index (χ3v) is 2.94. The maximum absolute atomic E-state index is 12.1. The van der Waals surface area contributed by atoms with Crippen LogP contribution in [0.15, 0.2) is 24.3 Å². The van der Waals surface area contributed by atoms with Crippen LogP contribution < -0.4 is 5.32 Å². The van der Waals surface area contributed by atoms with Gasteiger partial charge in [0.2, 0.25) is 5.91 Å². The monoisotopic (exact) mass is 232 g/mol. The highest BCUT2D eigenvalue weighted by Gasteiger charge is 2.24. The van der Waals surface area contributed by atoms with Gasteiger partial charge >= 0.3 is 0 Å². The van der Waals surface area contributed by atoms with Crippen LogP contribution in [0.25, 0.3) is 0 Å². The molecule has 1 aromatic carbocycles. The van der Waals surface area contributed by atoms with E-state index in [0.29, 0.717) is 18.7 Å². The zero-order valence-electron chi connectivity index (χ0n) is 9.90. The third-order valence-electron chi connectivity index (χ3n) is 2.94. The van der Waals surface area contributed by atoms with Gasteiger partial charge in [-0.1, -0.05) is 19.1 Å². The van der Waals surface area contributed by atoms with E-state index in [4.69, 9.17) is 0 Å². The Morgan fingerprint density at radius 2 is 2.06 bits per heavy atom. The van der Waals surface area contributed by atoms with Gasteiger partial charge in [-0.2, -0.15) is 0 Å². The van der Waals surface area contributed by atoms with E-state index in [-0.39, 0.29) is 18.4 Å². The van der Waals surface area contributed by atoms with Gasteiger partial charge in [0, 0.05) is 18.7 Å². The Morgan fingerprint density at radius 1 is 1.35 bits per heavy atom. The van der Waals surface area contributed by atoms with Gasteiger partial charge in [0.1, 0.15) is 0 Å². The number of amides is 2. The summed E-state index contributed by atoms with van der Waals surface area (Å²) in [4.78, 5) is 25.0. The fraction of sp³-hybridized carbons (Fsp3) is 0.385. The SMILES string of the molecule is CCc1ccc(C(=O)N2CCNCC2=O)cc1. The van der Waals surface area contributed by atoms with E-state index in [9.17, 15) is 9.59 Å². The summed E-state index contributed by atoms with van der Waals surface area (Å²) in [5.74, 6) is -0.347. The summed E-state index contributed by atoms with van der Waals surface area (Å²) in [5.41, 5.74) is 1.77. The normalized spacial score (nSPS) is 16.1. The number of rotatable bonds is 2. The Hall–Kier alpha value is -1.68. The fourth-order valence-electron chi connectivity index (χ4n) is 1.86. The van der Waals surface area contributed by atoms with Crippen molar-refractivity contribution in [3.63, 3.8) is 0 Å². The minimum Gasteiger partial charge on any atom is -0.307 e. The lowest BCUT2D eigenvalue weighted by molar-refractivity contribution is -0.129. The first kappa shape index (κ1) is 11.8. The Kier molecular flexibility index (Phi) is 3.54. The zero-order chi connectivity index (χ0) is 12.3. The Bertz CT molecular complexity index is 426. The topological polar surface area (TPSA) is 49.4 Å². The Labute approximate surface area is 101 Å². The standard InChI is InChI=1S/C13H16N2O2/c1-2-10-3-5-11(6-4-10)13(17)15-8-7-14-9-12(15)16/h3-6,14H,2,7-9H2,1H3. The molecule has 4 nitrogen and oxygen atoms in total. The Morgan fingerprint density at radius 3 is 2.65 bits per heavy atom. The predicted molar refractivity (Wildman–Crippen MR) is 64.7 cm³/mol. The maximum atomic E-state index is 12.1. The number of piperazine rings is 1. The average Bonchev–Trinajstić information content (AvgIpc) is 2.39. The van der Waals surface area contributed by atoms with Crippen LogP contribution in [0.1, 0.15) is 22.8 Å². The molecule has 0 radical (unpaired) electrons. The average molecular weight is 232 g/mol. The van der Waals surface area contributed by atoms with Gasteiger partial charge in [-0.25, -0.2) is 0 Å². The molecule has 90 valence electrons. The van der Waals surface area contributed by atoms with Crippen LogP contribution in [0.5, 0.6) is 0 Å². The summed E-state index contributed by atoms with van der Waals surface area (Å²) in [7, 11) is 0. The van der Waals surface area contributed by atoms with Gasteiger partial charge in [-0.05, 0) is 24.1 Å². The second-order valence-corrected chi connectivity index (χ2v) is 4.08. The largest absolute Gasteiger partial charge is 0.307 e. The molecule has 1 fully saturated rings. The molecule has 1 aromatic rings. The van der Waals surface area contributed by atoms with Crippen LogP contribution in [0.3, 0.4) is 0 Å². The van der Waals surface area contributed by atoms with E-state index in [2.05, 4.69) is 12.2 Å². The fourth-order valence-corrected chi connectivity index (χ4v) is 1.86. The number of carbonyl (C=O) groups is 2. The maximum Gasteiger partial charge on any atom is 0.260 e. The van der Waals surface area contributed by atoms with E-state index in [0.717, 1.165) is 6.42 Å². The van der Waals surface area contributed by atoms with Crippen molar-refractivity contribution in [2.75, 3.05) is 19.6 Å². The molecule has 0 atom stereocenters. The molecular weight excluding hydrogens is 216 g/mol. The van der Waals surface area contributed by atoms with Crippen molar-refractivity contribution < 1.29 is 9.59 Å². The quantitative estimate of drug-likeness (QED) is 0.768. The number of carbonyl (C=O) groups excluding carboxylic acids is 2. The second-order valence-electron chi connectivity index (χ2n) is 4.08. The molecule has 1 N–H and O–H groups in total. The van der Waals surface area contributed by atoms with Gasteiger partial charge < -0.3 is 5.32 Å². The van der Waals surface area contributed by atoms with Crippen molar-refractivity contribution >= 4 is 11.8 Å². The van der Waals surface area contributed by atoms with E-state index in [1.165, 1.54) is 10.5 Å². The summed E-state index contributed by atoms with van der Waals surface area (Å²) in [6.07, 6.45) is 0.945. The molecular formula is C13H16N2O2. The highest BCUT2D eigenvalue weighted by Crippen LogP contribution is 2.09. The molecule has 1 aliphatic heterocycles. The van der Waals surface area contributed by atoms with Gasteiger partial charge in [0.05, 0.1) is 6.54 Å². The molecule has 2 rings (SSSR count). The van der Waals surface area contributed by atoms with E-state index in [1.807, 2.05) is 12.1 Å². The molecule has 0 aliphatic carbocycles. The van der Waals surface area contributed by atoms with Crippen LogP contribution >= 0.6 is 0 Å². The minimum atomic E-state index is -0.195. The number of imide groups is 1. The summed E-state index contributed by atoms with van der Waals surface area (Å²) >= 11 is 0. The first-order chi connectivity index (χ1) is 8.22. The van der Waals surface area contributed by atoms with Crippen LogP contribution in [0.4, 0.5) is 0 Å². The number of nitrogens with one attached hydrogen (secondary N) is 1. The summed E-state index contributed by atoms with van der Waals surface area (Å²) < 4.78 is 0. The molecule has 0 spiro atoms. The molecule has 0 bridgehead atoms. The van der Waals surface area contributed by atoms with Crippen LogP contribution in [-0.2, 0) is 11.2 Å². The van der Waals surface area contributed by atoms with Crippen LogP contribution in [-0.4, -0.2) is 36.3 Å². The number of nitrogens with zero attached hydrogens (tertiary/aromatic N) is 1. The Balaban J connectivity index is 2.15. The van der Waals surface area contributed by atoms with Gasteiger partial charge in [0.25, 0.3) is 5.91 Å². The van der Waals surface area contributed by atoms with Crippen LogP contribution in [0.2, 0.25) is 0 Å². The lowest BCUT2D eigenvalue weighted by Gasteiger charge is -2.25. The smallest absolute Gasteiger partial charge is 0.260 e. The predicted octanol–water partition coefficient (Wildman–Crippen LogP) is 0.821. The molecule has 17 heavy (non-hydrogen) atoms. The number of hydrogen-bond acceptors (Lipinski definition) is 3. The number of benzene rings is 1. The van der Waals surface area contributed by atoms with Crippen molar-refractivity contribution in [1.29, 1.82) is 0 Å². The van der Waals surface area contributed by atoms with Crippen molar-refractivity contribution in [3.05, 3.63) is 35.4 Å². The summed E-state index contributed by atoms with van der Waals surface area (Å²) in [6.45, 7) is 3.44. The zero-order valence-corrected chi connectivity index (χ0v) is 9.90. The number of hydrogen-bond donors (Lipinski definition) is 1. The summed E-state index contributed by atoms with van der Waals surface area (Å²) in [5, 5.41) is 2.95. The van der Waals surface area contributed by atoms with E-state index >= 15 is 0 Å². The van der Waals surface area contributed by atoms with E-state index < -0.39 is 0 Å². The molecule has 2 amide bonds. The van der Waals surface area contributed by atoms with Crippen molar-refractivity contribution in [2.45, 2.75) is 13.3 Å². The van der Waals surface area contributed by atoms with Gasteiger partial charge in [-0.3, -0.25) is 14.5 Å². The van der Waals surface area contributed by atoms with Crippen molar-refractivity contribution in [2.24, 2.45) is 0 Å². The summed E-state index contributed by atoms with van der Waals surface area (Å²) in [6, 6.07) is 7.44. The lowest BCUT2D eigenvalue weighted by atomic mass is 10.1.